The van der Waals surface area contributed by atoms with Crippen LogP contribution in [0.5, 0.6) is 0 Å². The van der Waals surface area contributed by atoms with E-state index in [9.17, 15) is 23.1 Å². The number of aliphatic hydroxyl groups is 1. The molecule has 0 aliphatic carbocycles. The summed E-state index contributed by atoms with van der Waals surface area (Å²) in [7, 11) is 0. The summed E-state index contributed by atoms with van der Waals surface area (Å²) in [5.41, 5.74) is -0.636. The molecule has 4 rings (SSSR count). The van der Waals surface area contributed by atoms with E-state index in [2.05, 4.69) is 27.4 Å². The van der Waals surface area contributed by atoms with Gasteiger partial charge in [-0.25, -0.2) is 4.79 Å². The maximum atomic E-state index is 13.5. The standard InChI is InChI=1S/C26H36F3N5O3/c1-16-10-17(31-22(35)15-33-12-18(13-33)32-24(36)37-25(2,3)4)14-34(11-16)21-8-7-20(26(27,28)29)23-19(21)6-5-9-30-23/h5-9,16-18,22,31,35H,10-15H2,1-4H3,(H,32,36)/t16-,17+,22?/m0/s1. The molecule has 0 saturated carbocycles. The van der Waals surface area contributed by atoms with Crippen LogP contribution in [0.25, 0.3) is 10.9 Å². The first-order valence-electron chi connectivity index (χ1n) is 12.6. The molecule has 0 spiro atoms. The molecular weight excluding hydrogens is 487 g/mol. The summed E-state index contributed by atoms with van der Waals surface area (Å²) in [5, 5.41) is 17.3. The van der Waals surface area contributed by atoms with Crippen LogP contribution in [-0.4, -0.2) is 77.7 Å². The van der Waals surface area contributed by atoms with Crippen molar-refractivity contribution in [3.8, 4) is 0 Å². The predicted molar refractivity (Wildman–Crippen MR) is 135 cm³/mol. The van der Waals surface area contributed by atoms with E-state index < -0.39 is 29.7 Å². The van der Waals surface area contributed by atoms with Crippen molar-refractivity contribution >= 4 is 22.7 Å². The molecule has 2 saturated heterocycles. The number of alkyl halides is 3. The number of alkyl carbamates (subject to hydrolysis) is 1. The summed E-state index contributed by atoms with van der Waals surface area (Å²) >= 11 is 0. The Labute approximate surface area is 215 Å². The number of fused-ring (bicyclic) bond motifs is 1. The molecule has 1 aromatic carbocycles. The van der Waals surface area contributed by atoms with Gasteiger partial charge in [0.05, 0.1) is 17.1 Å². The number of aliphatic hydroxyl groups excluding tert-OH is 1. The fourth-order valence-electron chi connectivity index (χ4n) is 5.18. The number of ether oxygens (including phenoxy) is 1. The highest BCUT2D eigenvalue weighted by Crippen LogP contribution is 2.38. The van der Waals surface area contributed by atoms with Gasteiger partial charge in [0.15, 0.2) is 0 Å². The molecular formula is C26H36F3N5O3. The number of carbonyl (C=O) groups excluding carboxylic acids is 1. The molecule has 204 valence electrons. The molecule has 3 heterocycles. The lowest BCUT2D eigenvalue weighted by molar-refractivity contribution is -0.136. The number of aromatic nitrogens is 1. The number of β-amino-alcohol motifs (C(OH)–C–C–N with tert-alkyl or cyclic N) is 1. The molecule has 0 radical (unpaired) electrons. The highest BCUT2D eigenvalue weighted by molar-refractivity contribution is 5.94. The van der Waals surface area contributed by atoms with Gasteiger partial charge in [-0.15, -0.1) is 0 Å². The third-order valence-electron chi connectivity index (χ3n) is 6.59. The van der Waals surface area contributed by atoms with Gasteiger partial charge in [0.25, 0.3) is 0 Å². The number of amides is 1. The molecule has 2 fully saturated rings. The Morgan fingerprint density at radius 2 is 1.89 bits per heavy atom. The van der Waals surface area contributed by atoms with Gasteiger partial charge in [-0.05, 0) is 57.4 Å². The fourth-order valence-corrected chi connectivity index (χ4v) is 5.18. The second-order valence-corrected chi connectivity index (χ2v) is 11.2. The number of hydrogen-bond acceptors (Lipinski definition) is 7. The van der Waals surface area contributed by atoms with E-state index >= 15 is 0 Å². The molecule has 8 nitrogen and oxygen atoms in total. The lowest BCUT2D eigenvalue weighted by Crippen LogP contribution is -2.62. The van der Waals surface area contributed by atoms with Crippen LogP contribution in [0.3, 0.4) is 0 Å². The maximum Gasteiger partial charge on any atom is 0.418 e. The summed E-state index contributed by atoms with van der Waals surface area (Å²) < 4.78 is 45.9. The molecule has 2 aliphatic heterocycles. The van der Waals surface area contributed by atoms with E-state index in [1.807, 2.05) is 25.7 Å². The number of pyridine rings is 1. The average Bonchev–Trinajstić information content (AvgIpc) is 2.74. The van der Waals surface area contributed by atoms with Crippen LogP contribution in [0, 0.1) is 5.92 Å². The molecule has 1 aromatic heterocycles. The number of hydrogen-bond donors (Lipinski definition) is 3. The van der Waals surface area contributed by atoms with E-state index in [1.54, 1.807) is 12.1 Å². The predicted octanol–water partition coefficient (Wildman–Crippen LogP) is 3.59. The smallest absolute Gasteiger partial charge is 0.418 e. The number of anilines is 1. The van der Waals surface area contributed by atoms with Crippen molar-refractivity contribution in [3.63, 3.8) is 0 Å². The van der Waals surface area contributed by atoms with E-state index in [-0.39, 0.29) is 23.5 Å². The van der Waals surface area contributed by atoms with Crippen LogP contribution in [0.1, 0.15) is 39.7 Å². The van der Waals surface area contributed by atoms with Gasteiger partial charge >= 0.3 is 12.3 Å². The Hall–Kier alpha value is -2.63. The van der Waals surface area contributed by atoms with Gasteiger partial charge in [0.1, 0.15) is 11.8 Å². The van der Waals surface area contributed by atoms with Crippen LogP contribution in [0.15, 0.2) is 30.5 Å². The average molecular weight is 524 g/mol. The van der Waals surface area contributed by atoms with E-state index in [4.69, 9.17) is 4.74 Å². The lowest BCUT2D eigenvalue weighted by Gasteiger charge is -2.42. The van der Waals surface area contributed by atoms with Crippen LogP contribution >= 0.6 is 0 Å². The Balaban J connectivity index is 1.34. The number of carbonyl (C=O) groups is 1. The number of piperidine rings is 1. The quantitative estimate of drug-likeness (QED) is 0.499. The van der Waals surface area contributed by atoms with Gasteiger partial charge in [-0.1, -0.05) is 6.92 Å². The van der Waals surface area contributed by atoms with E-state index in [1.165, 1.54) is 12.3 Å². The van der Waals surface area contributed by atoms with Crippen molar-refractivity contribution in [1.82, 2.24) is 20.5 Å². The zero-order valence-electron chi connectivity index (χ0n) is 21.7. The number of rotatable bonds is 6. The minimum absolute atomic E-state index is 0.0196. The first-order valence-corrected chi connectivity index (χ1v) is 12.6. The highest BCUT2D eigenvalue weighted by Gasteiger charge is 2.35. The van der Waals surface area contributed by atoms with Crippen molar-refractivity contribution < 1.29 is 27.8 Å². The fraction of sp³-hybridized carbons (Fsp3) is 0.615. The zero-order valence-corrected chi connectivity index (χ0v) is 21.7. The monoisotopic (exact) mass is 523 g/mol. The zero-order chi connectivity index (χ0) is 27.0. The van der Waals surface area contributed by atoms with Gasteiger partial charge in [0.2, 0.25) is 0 Å². The van der Waals surface area contributed by atoms with Crippen molar-refractivity contribution in [3.05, 3.63) is 36.0 Å². The topological polar surface area (TPSA) is 90.0 Å². The van der Waals surface area contributed by atoms with Gasteiger partial charge in [-0.2, -0.15) is 13.2 Å². The van der Waals surface area contributed by atoms with Crippen molar-refractivity contribution in [1.29, 1.82) is 0 Å². The molecule has 0 bridgehead atoms. The minimum Gasteiger partial charge on any atom is -0.444 e. The van der Waals surface area contributed by atoms with Crippen molar-refractivity contribution in [2.24, 2.45) is 5.92 Å². The first kappa shape index (κ1) is 27.4. The third kappa shape index (κ3) is 7.03. The lowest BCUT2D eigenvalue weighted by atomic mass is 9.94. The summed E-state index contributed by atoms with van der Waals surface area (Å²) in [5.74, 6) is 0.277. The van der Waals surface area contributed by atoms with Crippen LogP contribution < -0.4 is 15.5 Å². The molecule has 2 aliphatic rings. The molecule has 37 heavy (non-hydrogen) atoms. The number of halogens is 3. The van der Waals surface area contributed by atoms with Crippen LogP contribution in [-0.2, 0) is 10.9 Å². The third-order valence-corrected chi connectivity index (χ3v) is 6.59. The van der Waals surface area contributed by atoms with Crippen molar-refractivity contribution in [2.75, 3.05) is 37.6 Å². The van der Waals surface area contributed by atoms with E-state index in [0.717, 1.165) is 12.5 Å². The summed E-state index contributed by atoms with van der Waals surface area (Å²) in [6.07, 6.45) is -3.48. The molecule has 3 atom stereocenters. The largest absolute Gasteiger partial charge is 0.444 e. The normalized spacial score (nSPS) is 22.5. The summed E-state index contributed by atoms with van der Waals surface area (Å²) in [6.45, 7) is 10.4. The van der Waals surface area contributed by atoms with Gasteiger partial charge < -0.3 is 20.1 Å². The molecule has 1 amide bonds. The second kappa shape index (κ2) is 10.6. The molecule has 2 aromatic rings. The van der Waals surface area contributed by atoms with Crippen LogP contribution in [0.4, 0.5) is 23.7 Å². The van der Waals surface area contributed by atoms with Gasteiger partial charge in [0, 0.05) is 56.0 Å². The maximum absolute atomic E-state index is 13.5. The minimum atomic E-state index is -4.48. The summed E-state index contributed by atoms with van der Waals surface area (Å²) in [6, 6.07) is 5.90. The van der Waals surface area contributed by atoms with Crippen molar-refractivity contribution in [2.45, 2.75) is 64.2 Å². The Morgan fingerprint density at radius 3 is 2.57 bits per heavy atom. The number of nitrogens with zero attached hydrogens (tertiary/aromatic N) is 3. The highest BCUT2D eigenvalue weighted by atomic mass is 19.4. The van der Waals surface area contributed by atoms with Crippen LogP contribution in [0.2, 0.25) is 0 Å². The number of nitrogens with one attached hydrogen (secondary N) is 2. The molecule has 11 heteroatoms. The van der Waals surface area contributed by atoms with Gasteiger partial charge in [-0.3, -0.25) is 15.2 Å². The second-order valence-electron chi connectivity index (χ2n) is 11.2. The number of likely N-dealkylation sites (tertiary alicyclic amines) is 1. The Kier molecular flexibility index (Phi) is 7.87. The Bertz CT molecular complexity index is 1100. The summed E-state index contributed by atoms with van der Waals surface area (Å²) in [4.78, 5) is 20.1. The van der Waals surface area contributed by atoms with E-state index in [0.29, 0.717) is 43.8 Å². The Morgan fingerprint density at radius 1 is 1.16 bits per heavy atom. The SMILES string of the molecule is C[C@H]1C[C@@H](NC(O)CN2CC(NC(=O)OC(C)(C)C)C2)CN(c2ccc(C(F)(F)F)c3ncccc23)C1. The number of benzene rings is 1. The molecule has 1 unspecified atom stereocenters. The molecule has 3 N–H and O–H groups in total. The first-order chi connectivity index (χ1) is 17.3.